The fourth-order valence-electron chi connectivity index (χ4n) is 0.127. The van der Waals surface area contributed by atoms with Crippen LogP contribution in [0.3, 0.4) is 0 Å². The van der Waals surface area contributed by atoms with Crippen LogP contribution in [0.4, 0.5) is 0 Å². The van der Waals surface area contributed by atoms with Crippen LogP contribution in [0, 0.1) is 15.0 Å². The largest absolute Gasteiger partial charge is 0.375 e. The lowest BCUT2D eigenvalue weighted by Gasteiger charge is -1.93. The molecular weight excluding hydrogens is 156 g/mol. The van der Waals surface area contributed by atoms with Gasteiger partial charge in [0.25, 0.3) is 0 Å². The molecule has 0 bridgehead atoms. The van der Waals surface area contributed by atoms with Gasteiger partial charge in [0.05, 0.1) is 0 Å². The molecule has 0 saturated heterocycles. The van der Waals surface area contributed by atoms with Gasteiger partial charge in [0.15, 0.2) is 0 Å². The zero-order valence-corrected chi connectivity index (χ0v) is 7.29. The quantitative estimate of drug-likeness (QED) is 0.320. The number of thioether (sulfide) groups is 1. The van der Waals surface area contributed by atoms with Gasteiger partial charge >= 0.3 is 0 Å². The predicted molar refractivity (Wildman–Crippen MR) is 47.5 cm³/mol. The highest BCUT2D eigenvalue weighted by Gasteiger charge is 1.51. The minimum Gasteiger partial charge on any atom is -0.375 e. The Bertz CT molecular complexity index is 182. The molecule has 0 aliphatic heterocycles. The van der Waals surface area contributed by atoms with Crippen LogP contribution in [0.25, 0.3) is 0 Å². The summed E-state index contributed by atoms with van der Waals surface area (Å²) in [6, 6.07) is 0. The fourth-order valence-corrected chi connectivity index (χ4v) is 1.14. The van der Waals surface area contributed by atoms with Crippen LogP contribution in [0.2, 0.25) is 0 Å². The maximum atomic E-state index is 3.84. The Labute approximate surface area is 62.4 Å². The molecule has 0 spiro atoms. The van der Waals surface area contributed by atoms with Crippen molar-refractivity contribution in [3.63, 3.8) is 0 Å². The molecule has 0 rings (SSSR count). The summed E-state index contributed by atoms with van der Waals surface area (Å²) in [5.74, 6) is 0. The van der Waals surface area contributed by atoms with Gasteiger partial charge in [0.2, 0.25) is 0 Å². The third-order valence-corrected chi connectivity index (χ3v) is 2.37. The van der Waals surface area contributed by atoms with Crippen molar-refractivity contribution in [2.45, 2.75) is 0 Å². The smallest absolute Gasteiger partial charge is 0.00600 e. The molecule has 0 unspecified atom stereocenters. The van der Waals surface area contributed by atoms with Crippen LogP contribution in [0.5, 0.6) is 0 Å². The molecule has 8 heavy (non-hydrogen) atoms. The zero-order valence-electron chi connectivity index (χ0n) is 4.76. The Hall–Kier alpha value is 0.390. The molecule has 0 aromatic rings. The molecular formula is C5H7S3-. The maximum Gasteiger partial charge on any atom is -0.00600 e. The second kappa shape index (κ2) is 5.53. The zero-order chi connectivity index (χ0) is 6.41. The number of rotatable bonds is 0. The van der Waals surface area contributed by atoms with E-state index in [4.69, 9.17) is 0 Å². The van der Waals surface area contributed by atoms with Gasteiger partial charge in [-0.3, -0.25) is 0 Å². The van der Waals surface area contributed by atoms with E-state index in [1.165, 1.54) is 11.8 Å². The lowest BCUT2D eigenvalue weighted by Crippen LogP contribution is -1.68. The van der Waals surface area contributed by atoms with Crippen LogP contribution >= 0.6 is 24.4 Å². The van der Waals surface area contributed by atoms with E-state index in [2.05, 4.69) is 27.7 Å². The van der Waals surface area contributed by atoms with Gasteiger partial charge in [-0.1, -0.05) is 17.0 Å². The summed E-state index contributed by atoms with van der Waals surface area (Å²) >= 11 is 5.36. The molecule has 3 heteroatoms. The van der Waals surface area contributed by atoms with E-state index >= 15 is 0 Å². The van der Waals surface area contributed by atoms with Gasteiger partial charge in [-0.05, 0) is 6.26 Å². The van der Waals surface area contributed by atoms with E-state index < -0.39 is 0 Å². The average Bonchev–Trinajstić information content (AvgIpc) is 1.83. The van der Waals surface area contributed by atoms with E-state index in [9.17, 15) is 0 Å². The normalized spacial score (nSPS) is 7.50. The predicted octanol–water partition coefficient (Wildman–Crippen LogP) is 1.36. The highest BCUT2D eigenvalue weighted by atomic mass is 32.2. The van der Waals surface area contributed by atoms with Gasteiger partial charge in [0.1, 0.15) is 0 Å². The highest BCUT2D eigenvalue weighted by Crippen LogP contribution is 1.84. The number of hydrogen-bond donors (Lipinski definition) is 1. The molecule has 0 heterocycles. The first-order chi connectivity index (χ1) is 3.81. The summed E-state index contributed by atoms with van der Waals surface area (Å²) in [5, 5.41) is 5.80. The Morgan fingerprint density at radius 3 is 2.62 bits per heavy atom. The van der Waals surface area contributed by atoms with Gasteiger partial charge < -0.3 is 10.3 Å². The molecule has 0 amide bonds. The third-order valence-electron chi connectivity index (χ3n) is 0.434. The second-order valence-electron chi connectivity index (χ2n) is 1.01. The van der Waals surface area contributed by atoms with E-state index in [1.54, 1.807) is 0 Å². The highest BCUT2D eigenvalue weighted by molar-refractivity contribution is 8.04. The summed E-state index contributed by atoms with van der Waals surface area (Å²) < 4.78 is 2.74. The first kappa shape index (κ1) is 8.39. The van der Waals surface area contributed by atoms with Crippen molar-refractivity contribution >= 4 is 34.7 Å². The molecule has 0 saturated carbocycles. The maximum absolute atomic E-state index is 3.84. The van der Waals surface area contributed by atoms with Crippen LogP contribution in [-0.2, 0) is 10.3 Å². The van der Waals surface area contributed by atoms with Crippen molar-refractivity contribution in [3.05, 3.63) is 0 Å². The Balaban J connectivity index is 3.83. The van der Waals surface area contributed by atoms with Crippen LogP contribution in [0.1, 0.15) is 0 Å². The van der Waals surface area contributed by atoms with Crippen molar-refractivity contribution in [1.82, 2.24) is 0 Å². The van der Waals surface area contributed by atoms with Gasteiger partial charge in [-0.2, -0.15) is 0 Å². The summed E-state index contributed by atoms with van der Waals surface area (Å²) in [6.45, 7) is 0. The SMILES string of the molecule is CSC#C[S-](C)#CS. The average molecular weight is 163 g/mol. The minimum atomic E-state index is -0.0446. The lowest BCUT2D eigenvalue weighted by atomic mass is 11.4. The Morgan fingerprint density at radius 1 is 1.62 bits per heavy atom. The number of thiol groups is 1. The lowest BCUT2D eigenvalue weighted by molar-refractivity contribution is 2.47. The van der Waals surface area contributed by atoms with E-state index in [1.807, 2.05) is 12.5 Å². The standard InChI is InChI=1S/C5H7S3/c1-7-3-4-8(2)5-6/h6H,1-2H3/q-1. The molecule has 0 aromatic heterocycles. The number of hydrogen-bond acceptors (Lipinski definition) is 3. The van der Waals surface area contributed by atoms with Crippen LogP contribution < -0.4 is 0 Å². The summed E-state index contributed by atoms with van der Waals surface area (Å²) in [6.07, 6.45) is 3.93. The fraction of sp³-hybridized carbons (Fsp3) is 0.400. The molecule has 46 valence electrons. The third kappa shape index (κ3) is 4.55. The van der Waals surface area contributed by atoms with Crippen molar-refractivity contribution in [3.8, 4) is 15.0 Å². The summed E-state index contributed by atoms with van der Waals surface area (Å²) in [4.78, 5) is 0. The van der Waals surface area contributed by atoms with Crippen molar-refractivity contribution in [1.29, 1.82) is 0 Å². The summed E-state index contributed by atoms with van der Waals surface area (Å²) in [7, 11) is -0.0446. The molecule has 0 aliphatic carbocycles. The molecule has 0 fully saturated rings. The summed E-state index contributed by atoms with van der Waals surface area (Å²) in [5.41, 5.74) is 0. The second-order valence-corrected chi connectivity index (χ2v) is 3.58. The molecule has 0 atom stereocenters. The molecule has 0 aliphatic rings. The van der Waals surface area contributed by atoms with Crippen LogP contribution in [0.15, 0.2) is 0 Å². The van der Waals surface area contributed by atoms with Gasteiger partial charge in [-0.25, -0.2) is 9.77 Å². The van der Waals surface area contributed by atoms with Crippen molar-refractivity contribution in [2.75, 3.05) is 12.5 Å². The Kier molecular flexibility index (Phi) is 5.79. The van der Waals surface area contributed by atoms with Crippen molar-refractivity contribution < 1.29 is 0 Å². The van der Waals surface area contributed by atoms with Gasteiger partial charge in [-0.15, -0.1) is 18.9 Å². The first-order valence-electron chi connectivity index (χ1n) is 1.90. The topological polar surface area (TPSA) is 0 Å². The van der Waals surface area contributed by atoms with E-state index in [0.29, 0.717) is 0 Å². The minimum absolute atomic E-state index is 0.0446. The van der Waals surface area contributed by atoms with E-state index in [-0.39, 0.29) is 10.3 Å². The van der Waals surface area contributed by atoms with Crippen LogP contribution in [-0.4, -0.2) is 12.5 Å². The van der Waals surface area contributed by atoms with Gasteiger partial charge in [0, 0.05) is 0 Å². The monoisotopic (exact) mass is 163 g/mol. The van der Waals surface area contributed by atoms with Crippen molar-refractivity contribution in [2.24, 2.45) is 0 Å². The Morgan fingerprint density at radius 2 is 2.25 bits per heavy atom. The van der Waals surface area contributed by atoms with E-state index in [0.717, 1.165) is 0 Å². The molecule has 0 aromatic carbocycles. The molecule has 0 nitrogen and oxygen atoms in total. The molecule has 0 N–H and O–H groups in total. The first-order valence-corrected chi connectivity index (χ1v) is 5.21. The molecule has 0 radical (unpaired) electrons.